The number of hydrogen-bond acceptors (Lipinski definition) is 4. The minimum atomic E-state index is -0.901. The second-order valence-electron chi connectivity index (χ2n) is 9.88. The summed E-state index contributed by atoms with van der Waals surface area (Å²) >= 11 is 1.74. The van der Waals surface area contributed by atoms with Crippen LogP contribution in [-0.2, 0) is 23.2 Å². The van der Waals surface area contributed by atoms with Crippen molar-refractivity contribution in [3.63, 3.8) is 0 Å². The monoisotopic (exact) mass is 450 g/mol. The number of nitrogens with one attached hydrogen (secondary N) is 2. The van der Waals surface area contributed by atoms with Crippen LogP contribution in [0.15, 0.2) is 29.6 Å². The van der Waals surface area contributed by atoms with Crippen LogP contribution in [0, 0.1) is 17.0 Å². The molecule has 1 aliphatic carbocycles. The Hall–Kier alpha value is -1.83. The third-order valence-corrected chi connectivity index (χ3v) is 6.67. The number of amides is 1. The van der Waals surface area contributed by atoms with Gasteiger partial charge in [0.05, 0.1) is 17.7 Å². The molecule has 1 aliphatic rings. The predicted octanol–water partition coefficient (Wildman–Crippen LogP) is 4.30. The Kier molecular flexibility index (Phi) is 7.18. The molecule has 2 aromatic rings. The molecule has 1 heterocycles. The molecule has 0 aliphatic heterocycles. The summed E-state index contributed by atoms with van der Waals surface area (Å²) in [7, 11) is 0. The summed E-state index contributed by atoms with van der Waals surface area (Å²) < 4.78 is 27.1. The Labute approximate surface area is 187 Å². The Morgan fingerprint density at radius 1 is 1.16 bits per heavy atom. The molecule has 170 valence electrons. The zero-order chi connectivity index (χ0) is 22.8. The molecular weight excluding hydrogens is 418 g/mol. The average Bonchev–Trinajstić information content (AvgIpc) is 3.28. The smallest absolute Gasteiger partial charge is 0.217 e. The SMILES string of the molecule is CC(=O)N[C@@H](Cc1cc(F)cc(F)c1)[C@H](O)CNC1(c2cc(CC(C)(C)C)cs2)CC1. The van der Waals surface area contributed by atoms with E-state index in [0.29, 0.717) is 5.56 Å². The highest BCUT2D eigenvalue weighted by Gasteiger charge is 2.45. The van der Waals surface area contributed by atoms with E-state index in [1.54, 1.807) is 11.3 Å². The van der Waals surface area contributed by atoms with E-state index in [-0.39, 0.29) is 29.8 Å². The van der Waals surface area contributed by atoms with Gasteiger partial charge in [-0.3, -0.25) is 4.79 Å². The molecule has 0 unspecified atom stereocenters. The van der Waals surface area contributed by atoms with Crippen LogP contribution in [0.25, 0.3) is 0 Å². The molecule has 0 radical (unpaired) electrons. The van der Waals surface area contributed by atoms with Gasteiger partial charge in [-0.15, -0.1) is 11.3 Å². The molecule has 31 heavy (non-hydrogen) atoms. The average molecular weight is 451 g/mol. The fourth-order valence-electron chi connectivity index (χ4n) is 3.94. The van der Waals surface area contributed by atoms with Crippen LogP contribution < -0.4 is 10.6 Å². The number of benzene rings is 1. The number of carbonyl (C=O) groups is 1. The van der Waals surface area contributed by atoms with E-state index in [1.165, 1.54) is 29.5 Å². The number of carbonyl (C=O) groups excluding carboxylic acids is 1. The maximum atomic E-state index is 13.5. The quantitative estimate of drug-likeness (QED) is 0.534. The van der Waals surface area contributed by atoms with Crippen molar-refractivity contribution >= 4 is 17.2 Å². The lowest BCUT2D eigenvalue weighted by Gasteiger charge is -2.26. The fraction of sp³-hybridized carbons (Fsp3) is 0.542. The molecule has 1 aromatic carbocycles. The minimum absolute atomic E-state index is 0.131. The van der Waals surface area contributed by atoms with Gasteiger partial charge in [-0.2, -0.15) is 0 Å². The zero-order valence-electron chi connectivity index (χ0n) is 18.6. The van der Waals surface area contributed by atoms with Crippen molar-refractivity contribution in [1.29, 1.82) is 0 Å². The lowest BCUT2D eigenvalue weighted by atomic mass is 9.89. The van der Waals surface area contributed by atoms with Crippen LogP contribution in [0.1, 0.15) is 56.5 Å². The van der Waals surface area contributed by atoms with Gasteiger partial charge in [0.15, 0.2) is 0 Å². The Balaban J connectivity index is 1.65. The lowest BCUT2D eigenvalue weighted by molar-refractivity contribution is -0.120. The molecule has 0 bridgehead atoms. The maximum Gasteiger partial charge on any atom is 0.217 e. The largest absolute Gasteiger partial charge is 0.390 e. The number of halogens is 2. The van der Waals surface area contributed by atoms with Crippen LogP contribution in [-0.4, -0.2) is 29.7 Å². The van der Waals surface area contributed by atoms with Crippen molar-refractivity contribution in [1.82, 2.24) is 10.6 Å². The third-order valence-electron chi connectivity index (χ3n) is 5.49. The summed E-state index contributed by atoms with van der Waals surface area (Å²) in [5.41, 5.74) is 1.81. The van der Waals surface area contributed by atoms with E-state index in [1.807, 2.05) is 0 Å². The highest BCUT2D eigenvalue weighted by Crippen LogP contribution is 2.48. The summed E-state index contributed by atoms with van der Waals surface area (Å²) in [5.74, 6) is -1.65. The Morgan fingerprint density at radius 3 is 2.35 bits per heavy atom. The molecule has 2 atom stereocenters. The van der Waals surface area contributed by atoms with Crippen molar-refractivity contribution in [2.24, 2.45) is 5.41 Å². The molecule has 1 aromatic heterocycles. The fourth-order valence-corrected chi connectivity index (χ4v) is 5.09. The van der Waals surface area contributed by atoms with Crippen LogP contribution in [0.5, 0.6) is 0 Å². The van der Waals surface area contributed by atoms with Gasteiger partial charge in [-0.1, -0.05) is 20.8 Å². The molecule has 1 saturated carbocycles. The van der Waals surface area contributed by atoms with Crippen LogP contribution in [0.3, 0.4) is 0 Å². The van der Waals surface area contributed by atoms with Gasteiger partial charge in [0, 0.05) is 24.4 Å². The van der Waals surface area contributed by atoms with Crippen molar-refractivity contribution in [3.8, 4) is 0 Å². The normalized spacial score (nSPS) is 17.3. The topological polar surface area (TPSA) is 61.4 Å². The first-order chi connectivity index (χ1) is 14.5. The number of hydrogen-bond donors (Lipinski definition) is 3. The lowest BCUT2D eigenvalue weighted by Crippen LogP contribution is -2.49. The molecule has 0 saturated heterocycles. The van der Waals surface area contributed by atoms with Gasteiger partial charge in [-0.05, 0) is 65.8 Å². The second kappa shape index (κ2) is 9.35. The second-order valence-corrected chi connectivity index (χ2v) is 10.8. The van der Waals surface area contributed by atoms with E-state index >= 15 is 0 Å². The summed E-state index contributed by atoms with van der Waals surface area (Å²) in [5, 5.41) is 19.2. The molecule has 3 N–H and O–H groups in total. The summed E-state index contributed by atoms with van der Waals surface area (Å²) in [6, 6.07) is 4.86. The van der Waals surface area contributed by atoms with Gasteiger partial charge in [0.25, 0.3) is 0 Å². The minimum Gasteiger partial charge on any atom is -0.390 e. The molecule has 7 heteroatoms. The van der Waals surface area contributed by atoms with Crippen LogP contribution >= 0.6 is 11.3 Å². The van der Waals surface area contributed by atoms with Gasteiger partial charge < -0.3 is 15.7 Å². The first-order valence-corrected chi connectivity index (χ1v) is 11.6. The Bertz CT molecular complexity index is 898. The van der Waals surface area contributed by atoms with Crippen molar-refractivity contribution in [2.45, 2.75) is 71.1 Å². The summed E-state index contributed by atoms with van der Waals surface area (Å²) in [6.07, 6.45) is 2.24. The van der Waals surface area contributed by atoms with Crippen LogP contribution in [0.4, 0.5) is 8.78 Å². The number of aliphatic hydroxyl groups excluding tert-OH is 1. The van der Waals surface area contributed by atoms with E-state index in [0.717, 1.165) is 25.3 Å². The van der Waals surface area contributed by atoms with Gasteiger partial charge in [0.1, 0.15) is 11.6 Å². The van der Waals surface area contributed by atoms with E-state index in [4.69, 9.17) is 0 Å². The predicted molar refractivity (Wildman–Crippen MR) is 120 cm³/mol. The number of thiophene rings is 1. The highest BCUT2D eigenvalue weighted by atomic mass is 32.1. The van der Waals surface area contributed by atoms with Crippen molar-refractivity contribution < 1.29 is 18.7 Å². The van der Waals surface area contributed by atoms with Gasteiger partial charge in [-0.25, -0.2) is 8.78 Å². The molecule has 3 rings (SSSR count). The number of rotatable bonds is 9. The maximum absolute atomic E-state index is 13.5. The summed E-state index contributed by atoms with van der Waals surface area (Å²) in [4.78, 5) is 12.9. The van der Waals surface area contributed by atoms with E-state index in [2.05, 4.69) is 42.9 Å². The molecule has 4 nitrogen and oxygen atoms in total. The molecular formula is C24H32F2N2O2S. The van der Waals surface area contributed by atoms with Gasteiger partial charge >= 0.3 is 0 Å². The van der Waals surface area contributed by atoms with Crippen LogP contribution in [0.2, 0.25) is 0 Å². The van der Waals surface area contributed by atoms with Crippen molar-refractivity contribution in [3.05, 3.63) is 57.3 Å². The molecule has 1 fully saturated rings. The van der Waals surface area contributed by atoms with Gasteiger partial charge in [0.2, 0.25) is 5.91 Å². The standard InChI is InChI=1S/C24H32F2N2O2S/c1-15(29)28-20(9-16-7-18(25)11-19(26)8-16)21(30)13-27-24(5-6-24)22-10-17(14-31-22)12-23(2,3)4/h7-8,10-11,14,20-21,27,30H,5-6,9,12-13H2,1-4H3,(H,28,29)/t20-,21+/m0/s1. The number of aliphatic hydroxyl groups is 1. The molecule has 1 amide bonds. The summed E-state index contributed by atoms with van der Waals surface area (Å²) in [6.45, 7) is 8.30. The van der Waals surface area contributed by atoms with E-state index < -0.39 is 23.8 Å². The first-order valence-electron chi connectivity index (χ1n) is 10.7. The van der Waals surface area contributed by atoms with Crippen molar-refractivity contribution in [2.75, 3.05) is 6.54 Å². The first kappa shape index (κ1) is 23.8. The zero-order valence-corrected chi connectivity index (χ0v) is 19.4. The van der Waals surface area contributed by atoms with E-state index in [9.17, 15) is 18.7 Å². The third kappa shape index (κ3) is 6.82. The molecule has 0 spiro atoms. The Morgan fingerprint density at radius 2 is 1.81 bits per heavy atom. The highest BCUT2D eigenvalue weighted by molar-refractivity contribution is 7.10.